The zero-order valence-corrected chi connectivity index (χ0v) is 10.7. The van der Waals surface area contributed by atoms with Gasteiger partial charge in [0.2, 0.25) is 0 Å². The van der Waals surface area contributed by atoms with Crippen molar-refractivity contribution in [2.24, 2.45) is 11.7 Å². The lowest BCUT2D eigenvalue weighted by Crippen LogP contribution is -2.21. The minimum atomic E-state index is -0.297. The monoisotopic (exact) mass is 253 g/mol. The Kier molecular flexibility index (Phi) is 4.55. The molecule has 0 aliphatic carbocycles. The van der Waals surface area contributed by atoms with Gasteiger partial charge in [0.25, 0.3) is 0 Å². The fourth-order valence-electron chi connectivity index (χ4n) is 2.09. The van der Waals surface area contributed by atoms with Crippen LogP contribution in [0.4, 0.5) is 4.39 Å². The number of nitrogens with two attached hydrogens (primary N) is 1. The molecule has 0 saturated carbocycles. The molecule has 0 bridgehead atoms. The van der Waals surface area contributed by atoms with Crippen LogP contribution in [0.5, 0.6) is 5.75 Å². The Labute approximate surface area is 107 Å². The predicted octanol–water partition coefficient (Wildman–Crippen LogP) is 2.65. The summed E-state index contributed by atoms with van der Waals surface area (Å²) in [5.41, 5.74) is 6.18. The third-order valence-electron chi connectivity index (χ3n) is 3.29. The molecule has 3 nitrogen and oxygen atoms in total. The van der Waals surface area contributed by atoms with E-state index >= 15 is 0 Å². The van der Waals surface area contributed by atoms with Crippen LogP contribution in [0.15, 0.2) is 18.2 Å². The number of hydrogen-bond donors (Lipinski definition) is 1. The van der Waals surface area contributed by atoms with Crippen LogP contribution in [0.25, 0.3) is 0 Å². The van der Waals surface area contributed by atoms with Gasteiger partial charge in [-0.15, -0.1) is 0 Å². The number of ether oxygens (including phenoxy) is 2. The van der Waals surface area contributed by atoms with Crippen LogP contribution in [0, 0.1) is 11.7 Å². The second-order valence-corrected chi connectivity index (χ2v) is 4.84. The lowest BCUT2D eigenvalue weighted by molar-refractivity contribution is 0.0497. The molecule has 100 valence electrons. The zero-order chi connectivity index (χ0) is 13.0. The highest BCUT2D eigenvalue weighted by Crippen LogP contribution is 2.22. The van der Waals surface area contributed by atoms with Crippen molar-refractivity contribution in [2.45, 2.75) is 25.8 Å². The average Bonchev–Trinajstić information content (AvgIpc) is 2.37. The summed E-state index contributed by atoms with van der Waals surface area (Å²) in [6.07, 6.45) is 2.03. The number of benzene rings is 1. The predicted molar refractivity (Wildman–Crippen MR) is 68.0 cm³/mol. The van der Waals surface area contributed by atoms with Gasteiger partial charge in [0.1, 0.15) is 11.6 Å². The molecule has 1 atom stereocenters. The Morgan fingerprint density at radius 3 is 2.78 bits per heavy atom. The number of halogens is 1. The Balaban J connectivity index is 1.91. The third-order valence-corrected chi connectivity index (χ3v) is 3.29. The molecule has 0 radical (unpaired) electrons. The van der Waals surface area contributed by atoms with E-state index in [2.05, 4.69) is 0 Å². The van der Waals surface area contributed by atoms with Gasteiger partial charge in [-0.25, -0.2) is 4.39 Å². The molecule has 2 N–H and O–H groups in total. The Morgan fingerprint density at radius 2 is 2.17 bits per heavy atom. The van der Waals surface area contributed by atoms with Crippen molar-refractivity contribution in [1.82, 2.24) is 0 Å². The average molecular weight is 253 g/mol. The molecule has 4 heteroatoms. The molecular formula is C14H20FNO2. The molecule has 1 heterocycles. The molecule has 1 aliphatic rings. The van der Waals surface area contributed by atoms with Crippen molar-refractivity contribution in [3.05, 3.63) is 29.6 Å². The number of rotatable bonds is 4. The van der Waals surface area contributed by atoms with Crippen LogP contribution >= 0.6 is 0 Å². The molecule has 18 heavy (non-hydrogen) atoms. The summed E-state index contributed by atoms with van der Waals surface area (Å²) in [4.78, 5) is 0. The third kappa shape index (κ3) is 3.43. The highest BCUT2D eigenvalue weighted by atomic mass is 19.1. The Hall–Kier alpha value is -1.13. The first-order chi connectivity index (χ1) is 8.66. The van der Waals surface area contributed by atoms with Gasteiger partial charge < -0.3 is 15.2 Å². The SMILES string of the molecule is C[C@H](N)c1ccc(OCC2CCOCC2)cc1F. The van der Waals surface area contributed by atoms with Gasteiger partial charge in [0.05, 0.1) is 6.61 Å². The van der Waals surface area contributed by atoms with E-state index in [0.29, 0.717) is 23.8 Å². The molecule has 0 aromatic heterocycles. The molecule has 1 fully saturated rings. The first-order valence-corrected chi connectivity index (χ1v) is 6.42. The lowest BCUT2D eigenvalue weighted by atomic mass is 10.0. The summed E-state index contributed by atoms with van der Waals surface area (Å²) in [5.74, 6) is 0.785. The van der Waals surface area contributed by atoms with E-state index in [-0.39, 0.29) is 11.9 Å². The Morgan fingerprint density at radius 1 is 1.44 bits per heavy atom. The zero-order valence-electron chi connectivity index (χ0n) is 10.7. The maximum absolute atomic E-state index is 13.7. The maximum atomic E-state index is 13.7. The van der Waals surface area contributed by atoms with E-state index < -0.39 is 0 Å². The topological polar surface area (TPSA) is 44.5 Å². The van der Waals surface area contributed by atoms with E-state index in [1.165, 1.54) is 6.07 Å². The van der Waals surface area contributed by atoms with Gasteiger partial charge in [0.15, 0.2) is 0 Å². The normalized spacial score (nSPS) is 18.6. The highest BCUT2D eigenvalue weighted by Gasteiger charge is 2.15. The summed E-state index contributed by atoms with van der Waals surface area (Å²) < 4.78 is 24.6. The highest BCUT2D eigenvalue weighted by molar-refractivity contribution is 5.30. The van der Waals surface area contributed by atoms with Crippen LogP contribution in [0.3, 0.4) is 0 Å². The molecule has 1 aromatic rings. The smallest absolute Gasteiger partial charge is 0.131 e. The first kappa shape index (κ1) is 13.3. The maximum Gasteiger partial charge on any atom is 0.131 e. The fourth-order valence-corrected chi connectivity index (χ4v) is 2.09. The van der Waals surface area contributed by atoms with Crippen LogP contribution in [-0.4, -0.2) is 19.8 Å². The number of hydrogen-bond acceptors (Lipinski definition) is 3. The summed E-state index contributed by atoms with van der Waals surface area (Å²) >= 11 is 0. The van der Waals surface area contributed by atoms with Crippen molar-refractivity contribution in [1.29, 1.82) is 0 Å². The van der Waals surface area contributed by atoms with Gasteiger partial charge in [-0.2, -0.15) is 0 Å². The second kappa shape index (κ2) is 6.16. The van der Waals surface area contributed by atoms with Crippen molar-refractivity contribution in [3.8, 4) is 5.75 Å². The van der Waals surface area contributed by atoms with Crippen LogP contribution in [0.1, 0.15) is 31.4 Å². The van der Waals surface area contributed by atoms with Crippen molar-refractivity contribution in [3.63, 3.8) is 0 Å². The van der Waals surface area contributed by atoms with Gasteiger partial charge in [-0.05, 0) is 31.7 Å². The minimum Gasteiger partial charge on any atom is -0.493 e. The van der Waals surface area contributed by atoms with E-state index in [4.69, 9.17) is 15.2 Å². The molecule has 0 unspecified atom stereocenters. The van der Waals surface area contributed by atoms with E-state index in [1.54, 1.807) is 19.1 Å². The fraction of sp³-hybridized carbons (Fsp3) is 0.571. The molecule has 0 amide bonds. The first-order valence-electron chi connectivity index (χ1n) is 6.42. The molecule has 1 aliphatic heterocycles. The van der Waals surface area contributed by atoms with Crippen molar-refractivity contribution < 1.29 is 13.9 Å². The molecular weight excluding hydrogens is 233 g/mol. The van der Waals surface area contributed by atoms with E-state index in [9.17, 15) is 4.39 Å². The van der Waals surface area contributed by atoms with Crippen LogP contribution in [0.2, 0.25) is 0 Å². The molecule has 2 rings (SSSR count). The molecule has 1 aromatic carbocycles. The van der Waals surface area contributed by atoms with Gasteiger partial charge in [-0.1, -0.05) is 6.07 Å². The van der Waals surface area contributed by atoms with E-state index in [0.717, 1.165) is 26.1 Å². The summed E-state index contributed by atoms with van der Waals surface area (Å²) in [6.45, 7) is 3.99. The van der Waals surface area contributed by atoms with Gasteiger partial charge >= 0.3 is 0 Å². The summed E-state index contributed by atoms with van der Waals surface area (Å²) in [6, 6.07) is 4.59. The van der Waals surface area contributed by atoms with Gasteiger partial charge in [-0.3, -0.25) is 0 Å². The summed E-state index contributed by atoms with van der Waals surface area (Å²) in [5, 5.41) is 0. The molecule has 1 saturated heterocycles. The van der Waals surface area contributed by atoms with Crippen molar-refractivity contribution >= 4 is 0 Å². The van der Waals surface area contributed by atoms with E-state index in [1.807, 2.05) is 0 Å². The summed E-state index contributed by atoms with van der Waals surface area (Å²) in [7, 11) is 0. The van der Waals surface area contributed by atoms with Crippen molar-refractivity contribution in [2.75, 3.05) is 19.8 Å². The lowest BCUT2D eigenvalue weighted by Gasteiger charge is -2.22. The largest absolute Gasteiger partial charge is 0.493 e. The van der Waals surface area contributed by atoms with Crippen LogP contribution < -0.4 is 10.5 Å². The molecule has 0 spiro atoms. The Bertz CT molecular complexity index is 389. The second-order valence-electron chi connectivity index (χ2n) is 4.84. The quantitative estimate of drug-likeness (QED) is 0.897. The van der Waals surface area contributed by atoms with Gasteiger partial charge in [0, 0.05) is 30.9 Å². The van der Waals surface area contributed by atoms with Crippen LogP contribution in [-0.2, 0) is 4.74 Å². The standard InChI is InChI=1S/C14H20FNO2/c1-10(16)13-3-2-12(8-14(13)15)18-9-11-4-6-17-7-5-11/h2-3,8,10-11H,4-7,9,16H2,1H3/t10-/m0/s1. The minimum absolute atomic E-state index is 0.297.